The molecular formula is C20H20N2O2S. The van der Waals surface area contributed by atoms with Gasteiger partial charge >= 0.3 is 5.97 Å². The number of hydrogen-bond acceptors (Lipinski definition) is 3. The predicted octanol–water partition coefficient (Wildman–Crippen LogP) is 3.96. The fraction of sp³-hybridized carbons (Fsp3) is 0.200. The Bertz CT molecular complexity index is 803. The quantitative estimate of drug-likeness (QED) is 0.666. The van der Waals surface area contributed by atoms with Crippen LogP contribution in [0.15, 0.2) is 71.9 Å². The largest absolute Gasteiger partial charge is 0.463 e. The fourth-order valence-corrected chi connectivity index (χ4v) is 3.36. The van der Waals surface area contributed by atoms with Crippen molar-refractivity contribution in [1.82, 2.24) is 5.32 Å². The van der Waals surface area contributed by atoms with E-state index in [1.165, 1.54) is 0 Å². The van der Waals surface area contributed by atoms with Gasteiger partial charge in [-0.15, -0.1) is 0 Å². The van der Waals surface area contributed by atoms with E-state index in [-0.39, 0.29) is 12.0 Å². The standard InChI is InChI=1S/C20H20N2O2S/c1-3-24-19(23)17-14(2)22(16-12-8-5-9-13-16)20(25)21-18(17)15-10-6-4-7-11-15/h4-13,18H,3H2,1-2H3,(H,21,25)/t18-/m0/s1. The first-order valence-electron chi connectivity index (χ1n) is 8.22. The van der Waals surface area contributed by atoms with Gasteiger partial charge in [-0.25, -0.2) is 4.79 Å². The molecule has 5 heteroatoms. The number of thiocarbonyl (C=S) groups is 1. The van der Waals surface area contributed by atoms with E-state index in [0.29, 0.717) is 17.3 Å². The van der Waals surface area contributed by atoms with Crippen LogP contribution in [0.3, 0.4) is 0 Å². The van der Waals surface area contributed by atoms with Gasteiger partial charge in [-0.2, -0.15) is 0 Å². The third kappa shape index (κ3) is 3.42. The molecule has 3 rings (SSSR count). The summed E-state index contributed by atoms with van der Waals surface area (Å²) in [6, 6.07) is 19.2. The molecule has 1 heterocycles. The second-order valence-electron chi connectivity index (χ2n) is 5.68. The number of benzene rings is 2. The zero-order valence-corrected chi connectivity index (χ0v) is 15.0. The molecule has 1 atom stereocenters. The van der Waals surface area contributed by atoms with E-state index in [1.807, 2.05) is 72.5 Å². The summed E-state index contributed by atoms with van der Waals surface area (Å²) in [6.45, 7) is 4.04. The second-order valence-corrected chi connectivity index (χ2v) is 6.07. The Morgan fingerprint density at radius 3 is 2.32 bits per heavy atom. The van der Waals surface area contributed by atoms with Gasteiger partial charge in [-0.05, 0) is 43.8 Å². The monoisotopic (exact) mass is 352 g/mol. The van der Waals surface area contributed by atoms with Crippen LogP contribution < -0.4 is 10.2 Å². The molecule has 0 saturated carbocycles. The van der Waals surface area contributed by atoms with Crippen molar-refractivity contribution >= 4 is 29.0 Å². The molecule has 0 amide bonds. The maximum absolute atomic E-state index is 12.7. The zero-order chi connectivity index (χ0) is 17.8. The smallest absolute Gasteiger partial charge is 0.338 e. The highest BCUT2D eigenvalue weighted by atomic mass is 32.1. The fourth-order valence-electron chi connectivity index (χ4n) is 3.00. The number of anilines is 1. The number of rotatable bonds is 4. The Balaban J connectivity index is 2.12. The van der Waals surface area contributed by atoms with Crippen molar-refractivity contribution in [3.8, 4) is 0 Å². The van der Waals surface area contributed by atoms with E-state index < -0.39 is 0 Å². The van der Waals surface area contributed by atoms with E-state index in [9.17, 15) is 4.79 Å². The van der Waals surface area contributed by atoms with Crippen LogP contribution in [0.2, 0.25) is 0 Å². The van der Waals surface area contributed by atoms with Gasteiger partial charge < -0.3 is 10.1 Å². The van der Waals surface area contributed by atoms with Crippen molar-refractivity contribution in [3.05, 3.63) is 77.5 Å². The summed E-state index contributed by atoms with van der Waals surface area (Å²) < 4.78 is 5.32. The number of nitrogens with zero attached hydrogens (tertiary/aromatic N) is 1. The lowest BCUT2D eigenvalue weighted by molar-refractivity contribution is -0.139. The number of ether oxygens (including phenoxy) is 1. The highest BCUT2D eigenvalue weighted by Crippen LogP contribution is 2.33. The maximum atomic E-state index is 12.7. The maximum Gasteiger partial charge on any atom is 0.338 e. The molecule has 0 spiro atoms. The number of carbonyl (C=O) groups is 1. The van der Waals surface area contributed by atoms with Crippen LogP contribution in [-0.4, -0.2) is 17.7 Å². The van der Waals surface area contributed by atoms with Crippen LogP contribution in [0.4, 0.5) is 5.69 Å². The minimum atomic E-state index is -0.329. The van der Waals surface area contributed by atoms with Crippen LogP contribution in [0.25, 0.3) is 0 Å². The van der Waals surface area contributed by atoms with E-state index >= 15 is 0 Å². The molecule has 0 aromatic heterocycles. The third-order valence-corrected chi connectivity index (χ3v) is 4.43. The molecule has 4 nitrogen and oxygen atoms in total. The number of nitrogens with one attached hydrogen (secondary N) is 1. The Kier molecular flexibility index (Phi) is 5.14. The van der Waals surface area contributed by atoms with Crippen molar-refractivity contribution in [2.24, 2.45) is 0 Å². The van der Waals surface area contributed by atoms with E-state index in [0.717, 1.165) is 16.9 Å². The van der Waals surface area contributed by atoms with Gasteiger partial charge in [0.2, 0.25) is 0 Å². The van der Waals surface area contributed by atoms with Crippen LogP contribution in [0, 0.1) is 0 Å². The zero-order valence-electron chi connectivity index (χ0n) is 14.2. The van der Waals surface area contributed by atoms with Gasteiger partial charge in [-0.3, -0.25) is 4.90 Å². The summed E-state index contributed by atoms with van der Waals surface area (Å²) in [5.74, 6) is -0.329. The van der Waals surface area contributed by atoms with Gasteiger partial charge in [0.25, 0.3) is 0 Å². The molecule has 1 aliphatic rings. The molecule has 1 N–H and O–H groups in total. The van der Waals surface area contributed by atoms with Gasteiger partial charge in [0, 0.05) is 11.4 Å². The van der Waals surface area contributed by atoms with Crippen LogP contribution >= 0.6 is 12.2 Å². The van der Waals surface area contributed by atoms with Gasteiger partial charge in [0.15, 0.2) is 5.11 Å². The first-order valence-corrected chi connectivity index (χ1v) is 8.62. The first-order chi connectivity index (χ1) is 12.1. The lowest BCUT2D eigenvalue weighted by Crippen LogP contribution is -2.48. The van der Waals surface area contributed by atoms with Crippen LogP contribution in [-0.2, 0) is 9.53 Å². The highest BCUT2D eigenvalue weighted by molar-refractivity contribution is 7.80. The lowest BCUT2D eigenvalue weighted by atomic mass is 9.95. The molecular weight excluding hydrogens is 332 g/mol. The Morgan fingerprint density at radius 2 is 1.72 bits per heavy atom. The summed E-state index contributed by atoms with van der Waals surface area (Å²) in [4.78, 5) is 14.6. The molecule has 0 radical (unpaired) electrons. The highest BCUT2D eigenvalue weighted by Gasteiger charge is 2.35. The summed E-state index contributed by atoms with van der Waals surface area (Å²) in [7, 11) is 0. The van der Waals surface area contributed by atoms with E-state index in [1.54, 1.807) is 6.92 Å². The third-order valence-electron chi connectivity index (χ3n) is 4.13. The first kappa shape index (κ1) is 17.2. The Labute approximate surface area is 153 Å². The number of allylic oxidation sites excluding steroid dienone is 1. The summed E-state index contributed by atoms with van der Waals surface area (Å²) >= 11 is 5.60. The van der Waals surface area contributed by atoms with Crippen molar-refractivity contribution in [3.63, 3.8) is 0 Å². The predicted molar refractivity (Wildman–Crippen MR) is 103 cm³/mol. The number of esters is 1. The van der Waals surface area contributed by atoms with Crippen LogP contribution in [0.5, 0.6) is 0 Å². The van der Waals surface area contributed by atoms with Crippen molar-refractivity contribution in [2.75, 3.05) is 11.5 Å². The van der Waals surface area contributed by atoms with E-state index in [2.05, 4.69) is 5.32 Å². The van der Waals surface area contributed by atoms with Crippen molar-refractivity contribution < 1.29 is 9.53 Å². The number of carbonyl (C=O) groups excluding carboxylic acids is 1. The Hall–Kier alpha value is -2.66. The molecule has 2 aromatic carbocycles. The van der Waals surface area contributed by atoms with Gasteiger partial charge in [-0.1, -0.05) is 48.5 Å². The van der Waals surface area contributed by atoms with Crippen LogP contribution in [0.1, 0.15) is 25.5 Å². The number of hydrogen-bond donors (Lipinski definition) is 1. The van der Waals surface area contributed by atoms with Crippen molar-refractivity contribution in [2.45, 2.75) is 19.9 Å². The molecule has 128 valence electrons. The molecule has 25 heavy (non-hydrogen) atoms. The molecule has 2 aromatic rings. The van der Waals surface area contributed by atoms with Crippen molar-refractivity contribution in [1.29, 1.82) is 0 Å². The molecule has 1 aliphatic heterocycles. The molecule has 0 bridgehead atoms. The van der Waals surface area contributed by atoms with E-state index in [4.69, 9.17) is 17.0 Å². The molecule has 0 aliphatic carbocycles. The van der Waals surface area contributed by atoms with Gasteiger partial charge in [0.1, 0.15) is 0 Å². The topological polar surface area (TPSA) is 41.6 Å². The molecule has 0 fully saturated rings. The summed E-state index contributed by atoms with van der Waals surface area (Å²) in [5.41, 5.74) is 3.23. The minimum absolute atomic E-state index is 0.326. The summed E-state index contributed by atoms with van der Waals surface area (Å²) in [6.07, 6.45) is 0. The van der Waals surface area contributed by atoms with Gasteiger partial charge in [0.05, 0.1) is 18.2 Å². The second kappa shape index (κ2) is 7.49. The lowest BCUT2D eigenvalue weighted by Gasteiger charge is -2.37. The summed E-state index contributed by atoms with van der Waals surface area (Å²) in [5, 5.41) is 3.86. The molecule has 0 unspecified atom stereocenters. The molecule has 0 saturated heterocycles. The average Bonchev–Trinajstić information content (AvgIpc) is 2.63. The Morgan fingerprint density at radius 1 is 1.12 bits per heavy atom. The minimum Gasteiger partial charge on any atom is -0.463 e. The average molecular weight is 352 g/mol. The SMILES string of the molecule is CCOC(=O)C1=C(C)N(c2ccccc2)C(=S)N[C@H]1c1ccccc1. The number of para-hydroxylation sites is 1. The normalized spacial score (nSPS) is 17.3.